The number of anilines is 1. The van der Waals surface area contributed by atoms with Gasteiger partial charge in [-0.25, -0.2) is 0 Å². The third-order valence-corrected chi connectivity index (χ3v) is 3.44. The van der Waals surface area contributed by atoms with Crippen LogP contribution < -0.4 is 5.32 Å². The minimum absolute atomic E-state index is 0.0646. The Kier molecular flexibility index (Phi) is 4.77. The maximum Gasteiger partial charge on any atom is 0.416 e. The SMILES string of the molecule is O=C(Nc1ccc(C(F)(F)F)cc1)C1CC(=O)N(CC(F)(F)F)C1. The lowest BCUT2D eigenvalue weighted by molar-refractivity contribution is -0.157. The van der Waals surface area contributed by atoms with E-state index in [1.807, 2.05) is 0 Å². The molecule has 1 fully saturated rings. The van der Waals surface area contributed by atoms with Crippen molar-refractivity contribution in [2.24, 2.45) is 5.92 Å². The van der Waals surface area contributed by atoms with Gasteiger partial charge in [-0.05, 0) is 24.3 Å². The first kappa shape index (κ1) is 18.1. The number of nitrogens with one attached hydrogen (secondary N) is 1. The summed E-state index contributed by atoms with van der Waals surface area (Å²) in [5, 5.41) is 2.30. The number of carbonyl (C=O) groups excluding carboxylic acids is 2. The molecule has 1 aliphatic heterocycles. The zero-order chi connectivity index (χ0) is 18.1. The second kappa shape index (κ2) is 6.33. The van der Waals surface area contributed by atoms with Crippen molar-refractivity contribution in [3.05, 3.63) is 29.8 Å². The molecule has 1 aromatic carbocycles. The molecule has 0 saturated carbocycles. The molecule has 2 amide bonds. The summed E-state index contributed by atoms with van der Waals surface area (Å²) in [6.07, 6.45) is -9.45. The first-order valence-corrected chi connectivity index (χ1v) is 6.78. The quantitative estimate of drug-likeness (QED) is 0.849. The van der Waals surface area contributed by atoms with Crippen molar-refractivity contribution >= 4 is 17.5 Å². The molecule has 0 spiro atoms. The molecule has 1 aromatic rings. The number of amides is 2. The number of carbonyl (C=O) groups is 2. The average molecular weight is 354 g/mol. The fourth-order valence-electron chi connectivity index (χ4n) is 2.30. The van der Waals surface area contributed by atoms with Gasteiger partial charge in [0.1, 0.15) is 6.54 Å². The van der Waals surface area contributed by atoms with Gasteiger partial charge >= 0.3 is 12.4 Å². The molecular weight excluding hydrogens is 342 g/mol. The van der Waals surface area contributed by atoms with Gasteiger partial charge in [0.2, 0.25) is 11.8 Å². The molecule has 10 heteroatoms. The Morgan fingerprint density at radius 1 is 1.12 bits per heavy atom. The Bertz CT molecular complexity index is 624. The highest BCUT2D eigenvalue weighted by Crippen LogP contribution is 2.30. The van der Waals surface area contributed by atoms with Gasteiger partial charge in [0, 0.05) is 18.7 Å². The molecule has 1 heterocycles. The Hall–Kier alpha value is -2.26. The number of halogens is 6. The number of benzene rings is 1. The molecule has 1 saturated heterocycles. The van der Waals surface area contributed by atoms with Crippen molar-refractivity contribution < 1.29 is 35.9 Å². The van der Waals surface area contributed by atoms with Gasteiger partial charge in [-0.15, -0.1) is 0 Å². The molecule has 1 aliphatic rings. The van der Waals surface area contributed by atoms with E-state index in [4.69, 9.17) is 0 Å². The fourth-order valence-corrected chi connectivity index (χ4v) is 2.30. The van der Waals surface area contributed by atoms with Crippen molar-refractivity contribution in [3.63, 3.8) is 0 Å². The lowest BCUT2D eigenvalue weighted by Gasteiger charge is -2.18. The van der Waals surface area contributed by atoms with Gasteiger partial charge in [0.25, 0.3) is 0 Å². The monoisotopic (exact) mass is 354 g/mol. The van der Waals surface area contributed by atoms with Gasteiger partial charge in [-0.3, -0.25) is 9.59 Å². The van der Waals surface area contributed by atoms with E-state index in [9.17, 15) is 35.9 Å². The summed E-state index contributed by atoms with van der Waals surface area (Å²) >= 11 is 0. The summed E-state index contributed by atoms with van der Waals surface area (Å²) in [7, 11) is 0. The van der Waals surface area contributed by atoms with Crippen molar-refractivity contribution in [2.45, 2.75) is 18.8 Å². The first-order chi connectivity index (χ1) is 11.0. The van der Waals surface area contributed by atoms with Crippen molar-refractivity contribution in [3.8, 4) is 0 Å². The van der Waals surface area contributed by atoms with Gasteiger partial charge in [0.15, 0.2) is 0 Å². The van der Waals surface area contributed by atoms with E-state index < -0.39 is 42.2 Å². The zero-order valence-corrected chi connectivity index (χ0v) is 12.0. The largest absolute Gasteiger partial charge is 0.416 e. The van der Waals surface area contributed by atoms with E-state index in [-0.39, 0.29) is 18.7 Å². The van der Waals surface area contributed by atoms with Crippen LogP contribution in [-0.2, 0) is 15.8 Å². The Balaban J connectivity index is 1.97. The number of hydrogen-bond donors (Lipinski definition) is 1. The number of alkyl halides is 6. The van der Waals surface area contributed by atoms with E-state index in [1.165, 1.54) is 0 Å². The molecule has 0 aliphatic carbocycles. The van der Waals surface area contributed by atoms with Crippen molar-refractivity contribution in [1.82, 2.24) is 4.90 Å². The van der Waals surface area contributed by atoms with Crippen LogP contribution in [0.5, 0.6) is 0 Å². The number of hydrogen-bond acceptors (Lipinski definition) is 2. The average Bonchev–Trinajstić information content (AvgIpc) is 2.78. The Morgan fingerprint density at radius 2 is 1.71 bits per heavy atom. The summed E-state index contributed by atoms with van der Waals surface area (Å²) in [6.45, 7) is -1.82. The Labute approximate surface area is 132 Å². The number of rotatable bonds is 3. The van der Waals surface area contributed by atoms with Crippen LogP contribution in [0.4, 0.5) is 32.0 Å². The van der Waals surface area contributed by atoms with Crippen LogP contribution in [-0.4, -0.2) is 36.0 Å². The van der Waals surface area contributed by atoms with E-state index in [2.05, 4.69) is 5.32 Å². The van der Waals surface area contributed by atoms with Crippen LogP contribution in [0, 0.1) is 5.92 Å². The molecule has 1 atom stereocenters. The van der Waals surface area contributed by atoms with E-state index in [0.717, 1.165) is 24.3 Å². The van der Waals surface area contributed by atoms with Gasteiger partial charge in [-0.1, -0.05) is 0 Å². The molecule has 1 unspecified atom stereocenters. The van der Waals surface area contributed by atoms with Crippen LogP contribution in [0.2, 0.25) is 0 Å². The maximum atomic E-state index is 12.4. The minimum atomic E-state index is -4.56. The molecule has 0 bridgehead atoms. The summed E-state index contributed by atoms with van der Waals surface area (Å²) in [4.78, 5) is 24.0. The standard InChI is InChI=1S/C14H12F6N2O2/c15-13(16,17)7-22-6-8(5-11(22)23)12(24)21-10-3-1-9(2-4-10)14(18,19)20/h1-4,8H,5-7H2,(H,21,24). The third kappa shape index (κ3) is 4.62. The smallest absolute Gasteiger partial charge is 0.333 e. The molecule has 4 nitrogen and oxygen atoms in total. The predicted molar refractivity (Wildman–Crippen MR) is 70.8 cm³/mol. The van der Waals surface area contributed by atoms with Gasteiger partial charge in [0.05, 0.1) is 11.5 Å². The summed E-state index contributed by atoms with van der Waals surface area (Å²) in [6, 6.07) is 3.60. The van der Waals surface area contributed by atoms with Crippen molar-refractivity contribution in [1.29, 1.82) is 0 Å². The molecule has 0 radical (unpaired) electrons. The number of likely N-dealkylation sites (tertiary alicyclic amines) is 1. The van der Waals surface area contributed by atoms with E-state index >= 15 is 0 Å². The summed E-state index contributed by atoms with van der Waals surface area (Å²) < 4.78 is 74.2. The highest BCUT2D eigenvalue weighted by Gasteiger charge is 2.40. The fraction of sp³-hybridized carbons (Fsp3) is 0.429. The normalized spacial score (nSPS) is 18.8. The molecule has 132 valence electrons. The van der Waals surface area contributed by atoms with Crippen molar-refractivity contribution in [2.75, 3.05) is 18.4 Å². The van der Waals surface area contributed by atoms with Crippen LogP contribution in [0.15, 0.2) is 24.3 Å². The topological polar surface area (TPSA) is 49.4 Å². The molecule has 0 aromatic heterocycles. The molecular formula is C14H12F6N2O2. The first-order valence-electron chi connectivity index (χ1n) is 6.78. The highest BCUT2D eigenvalue weighted by atomic mass is 19.4. The molecule has 2 rings (SSSR count). The van der Waals surface area contributed by atoms with Gasteiger partial charge in [-0.2, -0.15) is 26.3 Å². The van der Waals surface area contributed by atoms with E-state index in [1.54, 1.807) is 0 Å². The van der Waals surface area contributed by atoms with Crippen LogP contribution >= 0.6 is 0 Å². The molecule has 24 heavy (non-hydrogen) atoms. The van der Waals surface area contributed by atoms with Crippen LogP contribution in [0.25, 0.3) is 0 Å². The lowest BCUT2D eigenvalue weighted by Crippen LogP contribution is -2.36. The van der Waals surface area contributed by atoms with Gasteiger partial charge < -0.3 is 10.2 Å². The second-order valence-corrected chi connectivity index (χ2v) is 5.35. The van der Waals surface area contributed by atoms with Crippen LogP contribution in [0.3, 0.4) is 0 Å². The molecule has 1 N–H and O–H groups in total. The minimum Gasteiger partial charge on any atom is -0.333 e. The lowest BCUT2D eigenvalue weighted by atomic mass is 10.1. The number of nitrogens with zero attached hydrogens (tertiary/aromatic N) is 1. The second-order valence-electron chi connectivity index (χ2n) is 5.35. The van der Waals surface area contributed by atoms with E-state index in [0.29, 0.717) is 4.90 Å². The summed E-state index contributed by atoms with van der Waals surface area (Å²) in [5.41, 5.74) is -0.831. The Morgan fingerprint density at radius 3 is 2.21 bits per heavy atom. The third-order valence-electron chi connectivity index (χ3n) is 3.44. The predicted octanol–water partition coefficient (Wildman–Crippen LogP) is 3.05. The maximum absolute atomic E-state index is 12.4. The highest BCUT2D eigenvalue weighted by molar-refractivity contribution is 5.97. The summed E-state index contributed by atoms with van der Waals surface area (Å²) in [5.74, 6) is -2.49. The zero-order valence-electron chi connectivity index (χ0n) is 12.0. The van der Waals surface area contributed by atoms with Crippen LogP contribution in [0.1, 0.15) is 12.0 Å².